The van der Waals surface area contributed by atoms with E-state index in [4.69, 9.17) is 62.0 Å². The standard InChI is InChI=1S/C25H17ClF3NO5.C25H18F3NO5.C15H10ClNO4.C2H3N.CH4O.2CH4.BBr3.H2O/c1-33-17-9-7-16(8-10-17)30-13-20(26)19-11-18(34-2)12-21(22(19)23(30)31)35-24(32)14-3-5-15(6-4-14)25(27,28)29;1-32-19-9-7-18(8-10-19)29-12-11-16-13-20(33-2)14-21(22(16)23(29)30)34-24(31)15-3-5-17(6-4-15)25(26,27)28;16-12-7-17(8-1-3-9(18)4-2-8)15(21)14-11(12)5-10(19)6-13(14)20;1-2-3;1-2;;;2-1(3)4;/h3-13H,1-2H3;3-14H,1-2H3;1-7,18-20H;1H3;2H,1H3;2*1H4;;1H2. The first-order chi connectivity index (χ1) is 46.9. The molecular weight excluding hydrogens is 1590 g/mol. The monoisotopic (exact) mass is 1650 g/mol. The third-order valence-corrected chi connectivity index (χ3v) is 14.2. The second-order valence-electron chi connectivity index (χ2n) is 19.6. The molecule has 0 atom stereocenters. The molecule has 0 aliphatic carbocycles. The molecule has 20 nitrogen and oxygen atoms in total. The van der Waals surface area contributed by atoms with Crippen molar-refractivity contribution in [2.24, 2.45) is 0 Å². The lowest BCUT2D eigenvalue weighted by molar-refractivity contribution is -0.138. The summed E-state index contributed by atoms with van der Waals surface area (Å²) < 4.78 is 113. The van der Waals surface area contributed by atoms with Crippen molar-refractivity contribution in [3.63, 3.8) is 0 Å². The van der Waals surface area contributed by atoms with Gasteiger partial charge in [0.2, 0.25) is 0 Å². The molecule has 102 heavy (non-hydrogen) atoms. The Morgan fingerprint density at radius 2 is 0.833 bits per heavy atom. The number of rotatable bonds is 11. The van der Waals surface area contributed by atoms with Crippen molar-refractivity contribution in [1.29, 1.82) is 5.26 Å². The highest BCUT2D eigenvalue weighted by Gasteiger charge is 2.32. The number of hydrogen-bond acceptors (Lipinski definition) is 16. The second-order valence-corrected chi connectivity index (χ2v) is 26.9. The predicted octanol–water partition coefficient (Wildman–Crippen LogP) is 16.6. The molecule has 0 unspecified atom stereocenters. The Balaban J connectivity index is 0.000000379. The minimum Gasteiger partial charge on any atom is -0.508 e. The molecule has 0 saturated heterocycles. The fraction of sp³-hybridized carbons (Fsp3) is 0.143. The fourth-order valence-corrected chi connectivity index (χ4v) is 9.55. The number of carbonyl (C=O) groups is 2. The number of alkyl halides is 6. The Morgan fingerprint density at radius 3 is 1.23 bits per heavy atom. The first kappa shape index (κ1) is 86.2. The van der Waals surface area contributed by atoms with Crippen LogP contribution in [0.15, 0.2) is 197 Å². The number of benzene rings is 8. The van der Waals surface area contributed by atoms with Crippen LogP contribution in [0.2, 0.25) is 10.0 Å². The smallest absolute Gasteiger partial charge is 0.416 e. The molecule has 0 amide bonds. The van der Waals surface area contributed by atoms with Crippen molar-refractivity contribution in [3.05, 3.63) is 246 Å². The molecule has 0 aliphatic rings. The van der Waals surface area contributed by atoms with Crippen LogP contribution < -0.4 is 45.1 Å². The van der Waals surface area contributed by atoms with Crippen LogP contribution in [0, 0.1) is 11.3 Å². The lowest BCUT2D eigenvalue weighted by Gasteiger charge is -2.14. The average molecular weight is 1650 g/mol. The number of aromatic hydroxyl groups is 3. The van der Waals surface area contributed by atoms with Gasteiger partial charge >= 0.3 is 27.5 Å². The van der Waals surface area contributed by atoms with E-state index < -0.39 is 52.1 Å². The van der Waals surface area contributed by atoms with E-state index in [0.29, 0.717) is 39.7 Å². The van der Waals surface area contributed by atoms with Gasteiger partial charge in [-0.15, -0.1) is 47.3 Å². The first-order valence-electron chi connectivity index (χ1n) is 27.9. The minimum atomic E-state index is -4.55. The van der Waals surface area contributed by atoms with Crippen LogP contribution in [-0.2, 0) is 12.4 Å². The van der Waals surface area contributed by atoms with E-state index in [2.05, 4.69) is 47.3 Å². The molecule has 3 heterocycles. The number of hydrogen-bond donors (Lipinski definition) is 4. The molecular formula is C70H62BBr3Cl2F6N4O16. The van der Waals surface area contributed by atoms with Crippen LogP contribution in [0.1, 0.15) is 53.6 Å². The van der Waals surface area contributed by atoms with Crippen molar-refractivity contribution in [1.82, 2.24) is 13.7 Å². The number of phenols is 3. The number of aliphatic hydroxyl groups excluding tert-OH is 1. The zero-order valence-corrected chi connectivity index (χ0v) is 58.9. The van der Waals surface area contributed by atoms with Crippen molar-refractivity contribution >= 4 is 118 Å². The SMILES string of the molecule is BrB(Br)Br.C.C.CC#N.CO.COc1ccc(-n2cc(Cl)c3cc(OC)cc(OC(=O)c4ccc(C(F)(F)F)cc4)c3c2=O)cc1.COc1ccc(-n2ccc3cc(OC)cc(OC(=O)c4ccc(C(F)(F)F)cc4)c3c2=O)cc1.O.O=c1c2c(O)cc(O)cc2c(Cl)cn1-c1ccc(O)cc1. The van der Waals surface area contributed by atoms with Crippen molar-refractivity contribution in [2.45, 2.75) is 34.1 Å². The molecule has 3 aromatic heterocycles. The van der Waals surface area contributed by atoms with E-state index in [1.165, 1.54) is 97.9 Å². The Kier molecular flexibility index (Phi) is 32.7. The summed E-state index contributed by atoms with van der Waals surface area (Å²) in [7, 11) is 6.84. The number of nitriles is 1. The van der Waals surface area contributed by atoms with E-state index in [9.17, 15) is 65.6 Å². The Labute approximate surface area is 613 Å². The fourth-order valence-electron chi connectivity index (χ4n) is 9.05. The van der Waals surface area contributed by atoms with Crippen LogP contribution in [0.3, 0.4) is 0 Å². The highest BCUT2D eigenvalue weighted by atomic mass is 79.9. The maximum Gasteiger partial charge on any atom is 0.416 e. The summed E-state index contributed by atoms with van der Waals surface area (Å²) >= 11 is 21.9. The van der Waals surface area contributed by atoms with Crippen LogP contribution in [0.25, 0.3) is 49.4 Å². The Hall–Kier alpha value is -10.00. The number of fused-ring (bicyclic) bond motifs is 3. The Bertz CT molecular complexity index is 4910. The van der Waals surface area contributed by atoms with Crippen molar-refractivity contribution < 1.29 is 90.3 Å². The van der Waals surface area contributed by atoms with Crippen LogP contribution in [0.5, 0.6) is 51.7 Å². The lowest BCUT2D eigenvalue weighted by Crippen LogP contribution is -2.20. The summed E-state index contributed by atoms with van der Waals surface area (Å²) in [6, 6.07) is 38.2. The van der Waals surface area contributed by atoms with Gasteiger partial charge in [-0.25, -0.2) is 9.59 Å². The number of aliphatic hydroxyl groups is 1. The summed E-state index contributed by atoms with van der Waals surface area (Å²) in [5, 5.41) is 44.5. The van der Waals surface area contributed by atoms with E-state index in [0.717, 1.165) is 61.7 Å². The van der Waals surface area contributed by atoms with Gasteiger partial charge in [-0.2, -0.15) is 31.6 Å². The number of ether oxygens (including phenoxy) is 6. The van der Waals surface area contributed by atoms with Gasteiger partial charge in [0.1, 0.15) is 51.7 Å². The zero-order valence-electron chi connectivity index (χ0n) is 52.6. The molecule has 11 rings (SSSR count). The van der Waals surface area contributed by atoms with Gasteiger partial charge in [0.25, 0.3) is 16.7 Å². The summed E-state index contributed by atoms with van der Waals surface area (Å²) in [5.41, 5.74) is -1.96. The van der Waals surface area contributed by atoms with Crippen LogP contribution in [-0.4, -0.2) is 90.3 Å². The van der Waals surface area contributed by atoms with E-state index >= 15 is 0 Å². The maximum atomic E-state index is 13.4. The second kappa shape index (κ2) is 38.7. The molecule has 0 spiro atoms. The molecule has 0 bridgehead atoms. The number of esters is 2. The summed E-state index contributed by atoms with van der Waals surface area (Å²) in [6.07, 6.45) is -4.67. The number of nitrogens with zero attached hydrogens (tertiary/aromatic N) is 4. The highest BCUT2D eigenvalue weighted by molar-refractivity contribution is 9.69. The molecule has 0 aliphatic heterocycles. The summed E-state index contributed by atoms with van der Waals surface area (Å²) in [6.45, 7) is 1.43. The zero-order chi connectivity index (χ0) is 73.2. The molecule has 0 saturated carbocycles. The van der Waals surface area contributed by atoms with Crippen LogP contribution >= 0.6 is 70.5 Å². The average Bonchev–Trinajstić information content (AvgIpc) is 0.779. The molecule has 538 valence electrons. The van der Waals surface area contributed by atoms with Gasteiger partial charge in [0.15, 0.2) is 0 Å². The van der Waals surface area contributed by atoms with E-state index in [1.807, 2.05) is 0 Å². The predicted molar refractivity (Wildman–Crippen MR) is 392 cm³/mol. The third kappa shape index (κ3) is 21.8. The summed E-state index contributed by atoms with van der Waals surface area (Å²) in [5.74, 6) is -0.740. The Morgan fingerprint density at radius 1 is 0.490 bits per heavy atom. The third-order valence-electron chi connectivity index (χ3n) is 13.6. The molecule has 11 aromatic rings. The number of phenolic OH excluding ortho intramolecular Hbond substituents is 3. The van der Waals surface area contributed by atoms with Gasteiger partial charge in [0, 0.05) is 78.7 Å². The number of methoxy groups -OCH3 is 4. The summed E-state index contributed by atoms with van der Waals surface area (Å²) in [4.78, 5) is 64.7. The molecule has 0 fully saturated rings. The van der Waals surface area contributed by atoms with Gasteiger partial charge in [0.05, 0.1) is 83.0 Å². The number of halogens is 11. The quantitative estimate of drug-likeness (QED) is 0.0405. The number of pyridine rings is 3. The molecule has 0 radical (unpaired) electrons. The van der Waals surface area contributed by atoms with Gasteiger partial charge in [-0.3, -0.25) is 28.1 Å². The highest BCUT2D eigenvalue weighted by Crippen LogP contribution is 2.37. The molecule has 6 N–H and O–H groups in total. The lowest BCUT2D eigenvalue weighted by atomic mass is 10.1. The normalized spacial score (nSPS) is 10.3. The topological polar surface area (TPSA) is 292 Å². The largest absolute Gasteiger partial charge is 0.508 e. The maximum absolute atomic E-state index is 13.4. The van der Waals surface area contributed by atoms with E-state index in [-0.39, 0.29) is 106 Å². The van der Waals surface area contributed by atoms with E-state index in [1.54, 1.807) is 85.1 Å². The van der Waals surface area contributed by atoms with Crippen molar-refractivity contribution in [3.8, 4) is 74.9 Å². The van der Waals surface area contributed by atoms with Gasteiger partial charge < -0.3 is 54.3 Å². The molecule has 8 aromatic carbocycles. The number of carbonyl (C=O) groups excluding carboxylic acids is 2. The van der Waals surface area contributed by atoms with Gasteiger partial charge in [-0.1, -0.05) is 38.1 Å². The van der Waals surface area contributed by atoms with Gasteiger partial charge in [-0.05, 0) is 151 Å². The van der Waals surface area contributed by atoms with Crippen molar-refractivity contribution in [2.75, 3.05) is 35.5 Å². The van der Waals surface area contributed by atoms with Crippen LogP contribution in [0.4, 0.5) is 26.3 Å². The minimum absolute atomic E-state index is 0. The number of aromatic nitrogens is 3. The molecule has 32 heteroatoms. The first-order valence-corrected chi connectivity index (χ1v) is 31.4.